The molecule has 1 aliphatic rings. The second-order valence-electron chi connectivity index (χ2n) is 8.28. The van der Waals surface area contributed by atoms with E-state index in [-0.39, 0.29) is 24.5 Å². The second-order valence-corrected chi connectivity index (χ2v) is 12.4. The smallest absolute Gasteiger partial charge is 0.412 e. The summed E-state index contributed by atoms with van der Waals surface area (Å²) in [6.45, 7) is 14.9. The summed E-state index contributed by atoms with van der Waals surface area (Å²) >= 11 is 0. The third kappa shape index (κ3) is 7.40. The molecule has 1 heterocycles. The van der Waals surface area contributed by atoms with Crippen LogP contribution in [0.15, 0.2) is 24.8 Å². The van der Waals surface area contributed by atoms with Crippen LogP contribution in [0.3, 0.4) is 0 Å². The Morgan fingerprint density at radius 2 is 2.04 bits per heavy atom. The van der Waals surface area contributed by atoms with Crippen LogP contribution < -0.4 is 4.72 Å². The zero-order valence-corrected chi connectivity index (χ0v) is 19.3. The quantitative estimate of drug-likeness (QED) is 0.483. The van der Waals surface area contributed by atoms with Gasteiger partial charge in [0.1, 0.15) is 6.61 Å². The van der Waals surface area contributed by atoms with Gasteiger partial charge in [-0.05, 0) is 30.5 Å². The van der Waals surface area contributed by atoms with Gasteiger partial charge in [-0.15, -0.1) is 0 Å². The Bertz CT molecular complexity index is 657. The molecule has 0 radical (unpaired) electrons. The van der Waals surface area contributed by atoms with Gasteiger partial charge in [0.2, 0.25) is 10.0 Å². The normalized spacial score (nSPS) is 24.0. The summed E-state index contributed by atoms with van der Waals surface area (Å²) in [6, 6.07) is 0. The lowest BCUT2D eigenvalue weighted by Crippen LogP contribution is -2.50. The Balaban J connectivity index is 3.19. The Morgan fingerprint density at radius 3 is 2.52 bits per heavy atom. The fourth-order valence-corrected chi connectivity index (χ4v) is 4.60. The van der Waals surface area contributed by atoms with E-state index in [1.165, 1.54) is 6.08 Å². The molecule has 9 heteroatoms. The molecule has 0 aromatic rings. The van der Waals surface area contributed by atoms with Crippen LogP contribution in [-0.4, -0.2) is 60.1 Å². The Kier molecular flexibility index (Phi) is 8.27. The molecule has 2 atom stereocenters. The third-order valence-corrected chi connectivity index (χ3v) is 6.02. The zero-order valence-electron chi connectivity index (χ0n) is 17.3. The van der Waals surface area contributed by atoms with Crippen molar-refractivity contribution in [3.05, 3.63) is 24.8 Å². The van der Waals surface area contributed by atoms with Crippen molar-refractivity contribution in [3.8, 4) is 0 Å². The minimum absolute atomic E-state index is 0.0144. The monoisotopic (exact) mass is 418 g/mol. The van der Waals surface area contributed by atoms with E-state index in [1.807, 2.05) is 13.1 Å². The molecule has 0 spiro atoms. The first-order chi connectivity index (χ1) is 12.3. The van der Waals surface area contributed by atoms with Crippen LogP contribution in [0.4, 0.5) is 4.79 Å². The summed E-state index contributed by atoms with van der Waals surface area (Å²) in [7, 11) is -4.81. The maximum atomic E-state index is 12.7. The first-order valence-corrected chi connectivity index (χ1v) is 13.8. The maximum Gasteiger partial charge on any atom is 0.412 e. The van der Waals surface area contributed by atoms with Crippen molar-refractivity contribution in [3.63, 3.8) is 0 Å². The van der Waals surface area contributed by atoms with Crippen LogP contribution in [0.25, 0.3) is 0 Å². The molecule has 2 unspecified atom stereocenters. The van der Waals surface area contributed by atoms with Crippen molar-refractivity contribution in [2.45, 2.75) is 46.0 Å². The predicted octanol–water partition coefficient (Wildman–Crippen LogP) is 2.48. The van der Waals surface area contributed by atoms with Crippen molar-refractivity contribution in [1.29, 1.82) is 0 Å². The van der Waals surface area contributed by atoms with Gasteiger partial charge < -0.3 is 9.16 Å². The summed E-state index contributed by atoms with van der Waals surface area (Å²) in [5.74, 6) is 0.217. The third-order valence-electron chi connectivity index (χ3n) is 4.45. The van der Waals surface area contributed by atoms with Gasteiger partial charge in [0.15, 0.2) is 14.8 Å². The summed E-state index contributed by atoms with van der Waals surface area (Å²) in [6.07, 6.45) is 6.34. The van der Waals surface area contributed by atoms with E-state index in [9.17, 15) is 13.2 Å². The van der Waals surface area contributed by atoms with Crippen molar-refractivity contribution in [2.75, 3.05) is 26.0 Å². The Hall–Kier alpha value is -1.16. The van der Waals surface area contributed by atoms with Gasteiger partial charge >= 0.3 is 6.09 Å². The maximum absolute atomic E-state index is 12.7. The van der Waals surface area contributed by atoms with E-state index in [1.54, 1.807) is 17.1 Å². The number of rotatable bonds is 8. The highest BCUT2D eigenvalue weighted by atomic mass is 32.2. The first-order valence-electron chi connectivity index (χ1n) is 9.16. The molecule has 156 valence electrons. The molecule has 1 aliphatic heterocycles. The fourth-order valence-electron chi connectivity index (χ4n) is 3.08. The number of amides is 1. The highest BCUT2D eigenvalue weighted by Crippen LogP contribution is 2.44. The second kappa shape index (κ2) is 9.36. The van der Waals surface area contributed by atoms with Crippen LogP contribution in [0, 0.1) is 11.3 Å². The molecule has 1 rings (SSSR count). The van der Waals surface area contributed by atoms with Crippen molar-refractivity contribution >= 4 is 25.2 Å². The molecule has 0 aromatic carbocycles. The van der Waals surface area contributed by atoms with Gasteiger partial charge in [-0.2, -0.15) is 0 Å². The highest BCUT2D eigenvalue weighted by Gasteiger charge is 2.51. The molecule has 7 nitrogen and oxygen atoms in total. The van der Waals surface area contributed by atoms with E-state index in [2.05, 4.69) is 32.1 Å². The summed E-state index contributed by atoms with van der Waals surface area (Å²) in [5, 5.41) is 0. The van der Waals surface area contributed by atoms with E-state index in [0.29, 0.717) is 13.0 Å². The van der Waals surface area contributed by atoms with Crippen LogP contribution in [0.1, 0.15) is 27.2 Å². The topological polar surface area (TPSA) is 84.9 Å². The standard InChI is InChI=1S/C18H34N2O5SSi/c1-8-12-24-16(21)20-14-15(17(2,3)4)13-18(20,25-27(6)7)10-9-11-19-26(5,22)23/h8-10,15,19,27H,1,11-14H2,2-7H3. The number of likely N-dealkylation sites (tertiary alicyclic amines) is 1. The van der Waals surface area contributed by atoms with Gasteiger partial charge in [0, 0.05) is 19.5 Å². The van der Waals surface area contributed by atoms with Crippen molar-refractivity contribution < 1.29 is 22.4 Å². The van der Waals surface area contributed by atoms with Crippen molar-refractivity contribution in [2.24, 2.45) is 11.3 Å². The number of carbonyl (C=O) groups excluding carboxylic acids is 1. The SMILES string of the molecule is C=CCOC(=O)N1CC(C(C)(C)C)CC1(C=CCNS(C)(=O)=O)O[SiH](C)C. The van der Waals surface area contributed by atoms with Gasteiger partial charge in [0.05, 0.1) is 6.26 Å². The van der Waals surface area contributed by atoms with Gasteiger partial charge in [-0.25, -0.2) is 17.9 Å². The number of nitrogens with zero attached hydrogens (tertiary/aromatic N) is 1. The van der Waals surface area contributed by atoms with E-state index >= 15 is 0 Å². The fraction of sp³-hybridized carbons (Fsp3) is 0.722. The number of nitrogens with one attached hydrogen (secondary N) is 1. The number of hydrogen-bond donors (Lipinski definition) is 1. The average Bonchev–Trinajstić information content (AvgIpc) is 2.87. The van der Waals surface area contributed by atoms with Crippen molar-refractivity contribution in [1.82, 2.24) is 9.62 Å². The lowest BCUT2D eigenvalue weighted by molar-refractivity contribution is -0.0132. The Morgan fingerprint density at radius 1 is 1.41 bits per heavy atom. The molecule has 1 N–H and O–H groups in total. The Labute approximate surface area is 165 Å². The molecule has 0 aromatic heterocycles. The van der Waals surface area contributed by atoms with E-state index in [4.69, 9.17) is 9.16 Å². The molecular weight excluding hydrogens is 384 g/mol. The molecule has 27 heavy (non-hydrogen) atoms. The molecular formula is C18H34N2O5SSi. The van der Waals surface area contributed by atoms with Gasteiger partial charge in [0.25, 0.3) is 0 Å². The lowest BCUT2D eigenvalue weighted by atomic mass is 9.79. The first kappa shape index (κ1) is 23.9. The summed E-state index contributed by atoms with van der Waals surface area (Å²) < 4.78 is 36.7. The molecule has 1 fully saturated rings. The zero-order chi connectivity index (χ0) is 20.9. The lowest BCUT2D eigenvalue weighted by Gasteiger charge is -2.37. The molecule has 1 amide bonds. The number of hydrogen-bond acceptors (Lipinski definition) is 5. The van der Waals surface area contributed by atoms with E-state index < -0.39 is 30.9 Å². The summed E-state index contributed by atoms with van der Waals surface area (Å²) in [5.41, 5.74) is -0.935. The number of ether oxygens (including phenoxy) is 1. The number of carbonyl (C=O) groups is 1. The molecule has 0 saturated carbocycles. The molecule has 0 aliphatic carbocycles. The predicted molar refractivity (Wildman–Crippen MR) is 110 cm³/mol. The van der Waals surface area contributed by atoms with Crippen LogP contribution in [0.5, 0.6) is 0 Å². The minimum Gasteiger partial charge on any atom is -0.445 e. The minimum atomic E-state index is -3.29. The van der Waals surface area contributed by atoms with Gasteiger partial charge in [-0.1, -0.05) is 39.5 Å². The van der Waals surface area contributed by atoms with Crippen LogP contribution in [0.2, 0.25) is 13.1 Å². The van der Waals surface area contributed by atoms with Crippen LogP contribution in [-0.2, 0) is 19.2 Å². The molecule has 1 saturated heterocycles. The number of sulfonamides is 1. The molecule has 0 bridgehead atoms. The van der Waals surface area contributed by atoms with Crippen LogP contribution >= 0.6 is 0 Å². The van der Waals surface area contributed by atoms with Gasteiger partial charge in [-0.3, -0.25) is 4.90 Å². The average molecular weight is 419 g/mol. The van der Waals surface area contributed by atoms with E-state index in [0.717, 1.165) is 6.26 Å². The summed E-state index contributed by atoms with van der Waals surface area (Å²) in [4.78, 5) is 14.3. The highest BCUT2D eigenvalue weighted by molar-refractivity contribution is 7.88. The largest absolute Gasteiger partial charge is 0.445 e.